The number of hydrogen-bond acceptors (Lipinski definition) is 5. The van der Waals surface area contributed by atoms with Crippen molar-refractivity contribution in [1.29, 1.82) is 0 Å². The molecule has 102 valence electrons. The van der Waals surface area contributed by atoms with Crippen LogP contribution in [0.1, 0.15) is 11.3 Å². The van der Waals surface area contributed by atoms with E-state index in [1.165, 1.54) is 0 Å². The fraction of sp³-hybridized carbons (Fsp3) is 0.333. The van der Waals surface area contributed by atoms with E-state index in [4.69, 9.17) is 15.2 Å². The SMILES string of the molecule is COc1cc(CN)cc(Br)c1OCc1cn(C)nn1. The van der Waals surface area contributed by atoms with E-state index in [1.807, 2.05) is 19.2 Å². The first-order chi connectivity index (χ1) is 9.13. The summed E-state index contributed by atoms with van der Waals surface area (Å²) in [5.74, 6) is 1.27. The number of benzene rings is 1. The van der Waals surface area contributed by atoms with E-state index >= 15 is 0 Å². The van der Waals surface area contributed by atoms with Gasteiger partial charge < -0.3 is 15.2 Å². The van der Waals surface area contributed by atoms with Crippen molar-refractivity contribution in [2.24, 2.45) is 12.8 Å². The summed E-state index contributed by atoms with van der Waals surface area (Å²) in [6, 6.07) is 3.77. The van der Waals surface area contributed by atoms with E-state index in [9.17, 15) is 0 Å². The van der Waals surface area contributed by atoms with Crippen molar-refractivity contribution in [3.05, 3.63) is 34.1 Å². The first kappa shape index (κ1) is 13.8. The molecule has 1 heterocycles. The molecule has 0 aliphatic rings. The molecule has 0 aliphatic heterocycles. The summed E-state index contributed by atoms with van der Waals surface area (Å²) in [6.45, 7) is 0.768. The molecule has 2 aromatic rings. The third-order valence-corrected chi connectivity index (χ3v) is 3.13. The fourth-order valence-electron chi connectivity index (χ4n) is 1.64. The molecule has 0 bridgehead atoms. The minimum absolute atomic E-state index is 0.324. The predicted octanol–water partition coefficient (Wildman–Crippen LogP) is 1.62. The zero-order chi connectivity index (χ0) is 13.8. The van der Waals surface area contributed by atoms with Gasteiger partial charge in [-0.1, -0.05) is 5.21 Å². The van der Waals surface area contributed by atoms with Crippen LogP contribution in [0.4, 0.5) is 0 Å². The topological polar surface area (TPSA) is 75.2 Å². The lowest BCUT2D eigenvalue weighted by atomic mass is 10.2. The number of halogens is 1. The van der Waals surface area contributed by atoms with Crippen molar-refractivity contribution in [1.82, 2.24) is 15.0 Å². The molecule has 2 N–H and O–H groups in total. The summed E-state index contributed by atoms with van der Waals surface area (Å²) < 4.78 is 13.5. The molecule has 7 heteroatoms. The lowest BCUT2D eigenvalue weighted by molar-refractivity contribution is 0.278. The Morgan fingerprint density at radius 2 is 2.21 bits per heavy atom. The van der Waals surface area contributed by atoms with Crippen molar-refractivity contribution in [3.8, 4) is 11.5 Å². The summed E-state index contributed by atoms with van der Waals surface area (Å²) >= 11 is 3.46. The number of nitrogens with zero attached hydrogens (tertiary/aromatic N) is 3. The van der Waals surface area contributed by atoms with Gasteiger partial charge in [0.15, 0.2) is 11.5 Å². The van der Waals surface area contributed by atoms with Gasteiger partial charge in [0.2, 0.25) is 0 Å². The molecule has 0 aliphatic carbocycles. The lowest BCUT2D eigenvalue weighted by Crippen LogP contribution is -2.02. The van der Waals surface area contributed by atoms with Gasteiger partial charge in [-0.25, -0.2) is 0 Å². The third-order valence-electron chi connectivity index (χ3n) is 2.54. The van der Waals surface area contributed by atoms with E-state index < -0.39 is 0 Å². The van der Waals surface area contributed by atoms with Crippen molar-refractivity contribution in [2.75, 3.05) is 7.11 Å². The zero-order valence-electron chi connectivity index (χ0n) is 10.8. The Bertz CT molecular complexity index is 571. The van der Waals surface area contributed by atoms with Crippen LogP contribution >= 0.6 is 15.9 Å². The second-order valence-corrected chi connectivity index (χ2v) is 4.84. The van der Waals surface area contributed by atoms with Crippen LogP contribution in [-0.2, 0) is 20.2 Å². The third kappa shape index (κ3) is 3.24. The molecule has 0 spiro atoms. The molecule has 0 saturated heterocycles. The summed E-state index contributed by atoms with van der Waals surface area (Å²) in [5.41, 5.74) is 7.34. The van der Waals surface area contributed by atoms with E-state index in [-0.39, 0.29) is 0 Å². The first-order valence-corrected chi connectivity index (χ1v) is 6.47. The number of nitrogens with two attached hydrogens (primary N) is 1. The van der Waals surface area contributed by atoms with Crippen LogP contribution in [0, 0.1) is 0 Å². The standard InChI is InChI=1S/C12H15BrN4O2/c1-17-6-9(15-16-17)7-19-12-10(13)3-8(5-14)4-11(12)18-2/h3-4,6H,5,7,14H2,1-2H3. The monoisotopic (exact) mass is 326 g/mol. The Labute approximate surface area is 119 Å². The second-order valence-electron chi connectivity index (χ2n) is 3.99. The van der Waals surface area contributed by atoms with E-state index in [2.05, 4.69) is 26.2 Å². The van der Waals surface area contributed by atoms with Gasteiger partial charge in [-0.05, 0) is 33.6 Å². The van der Waals surface area contributed by atoms with Crippen LogP contribution in [-0.4, -0.2) is 22.1 Å². The van der Waals surface area contributed by atoms with Gasteiger partial charge >= 0.3 is 0 Å². The number of aryl methyl sites for hydroxylation is 1. The van der Waals surface area contributed by atoms with Crippen LogP contribution in [0.15, 0.2) is 22.8 Å². The predicted molar refractivity (Wildman–Crippen MR) is 73.9 cm³/mol. The van der Waals surface area contributed by atoms with Gasteiger partial charge in [0.25, 0.3) is 0 Å². The first-order valence-electron chi connectivity index (χ1n) is 5.68. The molecule has 1 aromatic carbocycles. The van der Waals surface area contributed by atoms with Crippen LogP contribution < -0.4 is 15.2 Å². The van der Waals surface area contributed by atoms with Crippen molar-refractivity contribution < 1.29 is 9.47 Å². The fourth-order valence-corrected chi connectivity index (χ4v) is 2.24. The molecule has 1 aromatic heterocycles. The summed E-state index contributed by atoms with van der Waals surface area (Å²) in [5, 5.41) is 7.81. The Balaban J connectivity index is 2.19. The highest BCUT2D eigenvalue weighted by molar-refractivity contribution is 9.10. The van der Waals surface area contributed by atoms with Crippen LogP contribution in [0.25, 0.3) is 0 Å². The smallest absolute Gasteiger partial charge is 0.175 e. The van der Waals surface area contributed by atoms with Crippen molar-refractivity contribution >= 4 is 15.9 Å². The Hall–Kier alpha value is -1.60. The lowest BCUT2D eigenvalue weighted by Gasteiger charge is -2.13. The molecule has 0 radical (unpaired) electrons. The quantitative estimate of drug-likeness (QED) is 0.903. The molecular weight excluding hydrogens is 312 g/mol. The van der Waals surface area contributed by atoms with Crippen LogP contribution in [0.2, 0.25) is 0 Å². The number of methoxy groups -OCH3 is 1. The summed E-state index contributed by atoms with van der Waals surface area (Å²) in [6.07, 6.45) is 1.80. The van der Waals surface area contributed by atoms with Crippen LogP contribution in [0.3, 0.4) is 0 Å². The van der Waals surface area contributed by atoms with Gasteiger partial charge in [0.05, 0.1) is 17.8 Å². The number of aromatic nitrogens is 3. The molecule has 0 unspecified atom stereocenters. The van der Waals surface area contributed by atoms with Gasteiger partial charge in [-0.15, -0.1) is 5.10 Å². The number of hydrogen-bond donors (Lipinski definition) is 1. The summed E-state index contributed by atoms with van der Waals surface area (Å²) in [7, 11) is 3.40. The van der Waals surface area contributed by atoms with E-state index in [0.717, 1.165) is 15.7 Å². The average Bonchev–Trinajstić information content (AvgIpc) is 2.82. The highest BCUT2D eigenvalue weighted by atomic mass is 79.9. The maximum atomic E-state index is 5.73. The molecule has 0 fully saturated rings. The highest BCUT2D eigenvalue weighted by Gasteiger charge is 2.12. The maximum absolute atomic E-state index is 5.73. The van der Waals surface area contributed by atoms with Crippen LogP contribution in [0.5, 0.6) is 11.5 Å². The minimum atomic E-state index is 0.324. The molecule has 2 rings (SSSR count). The molecule has 0 saturated carbocycles. The Morgan fingerprint density at radius 1 is 1.42 bits per heavy atom. The molecule has 19 heavy (non-hydrogen) atoms. The summed E-state index contributed by atoms with van der Waals surface area (Å²) in [4.78, 5) is 0. The molecule has 0 atom stereocenters. The highest BCUT2D eigenvalue weighted by Crippen LogP contribution is 2.36. The average molecular weight is 327 g/mol. The zero-order valence-corrected chi connectivity index (χ0v) is 12.3. The Kier molecular flexibility index (Phi) is 4.39. The van der Waals surface area contributed by atoms with Gasteiger partial charge in [-0.2, -0.15) is 0 Å². The number of rotatable bonds is 5. The van der Waals surface area contributed by atoms with Crippen molar-refractivity contribution in [2.45, 2.75) is 13.2 Å². The van der Waals surface area contributed by atoms with E-state index in [1.54, 1.807) is 18.0 Å². The van der Waals surface area contributed by atoms with Gasteiger partial charge in [0.1, 0.15) is 12.3 Å². The molecular formula is C12H15BrN4O2. The normalized spacial score (nSPS) is 10.5. The largest absolute Gasteiger partial charge is 0.493 e. The maximum Gasteiger partial charge on any atom is 0.175 e. The van der Waals surface area contributed by atoms with Gasteiger partial charge in [0, 0.05) is 13.6 Å². The second kappa shape index (κ2) is 6.03. The number of ether oxygens (including phenoxy) is 2. The molecule has 0 amide bonds. The minimum Gasteiger partial charge on any atom is -0.493 e. The molecule has 6 nitrogen and oxygen atoms in total. The Morgan fingerprint density at radius 3 is 2.79 bits per heavy atom. The van der Waals surface area contributed by atoms with Crippen molar-refractivity contribution in [3.63, 3.8) is 0 Å². The van der Waals surface area contributed by atoms with Gasteiger partial charge in [-0.3, -0.25) is 4.68 Å². The van der Waals surface area contributed by atoms with E-state index in [0.29, 0.717) is 24.7 Å².